The molecule has 0 heterocycles. The maximum absolute atomic E-state index is 13.3. The van der Waals surface area contributed by atoms with Crippen LogP contribution in [0.25, 0.3) is 10.8 Å². The van der Waals surface area contributed by atoms with E-state index in [9.17, 15) is 9.59 Å². The molecule has 5 nitrogen and oxygen atoms in total. The van der Waals surface area contributed by atoms with Crippen molar-refractivity contribution in [1.29, 1.82) is 0 Å². The molecule has 7 heteroatoms. The second-order valence-electron chi connectivity index (χ2n) is 8.95. The monoisotopic (exact) mass is 530 g/mol. The molecule has 0 saturated heterocycles. The van der Waals surface area contributed by atoms with Gasteiger partial charge in [0, 0.05) is 17.1 Å². The molecular formula is C26H28BrClN2O3. The number of nitrogens with one attached hydrogen (secondary N) is 1. The maximum Gasteiger partial charge on any atom is 0.261 e. The number of carbonyl (C=O) groups excluding carboxylic acids is 2. The molecule has 174 valence electrons. The van der Waals surface area contributed by atoms with Crippen molar-refractivity contribution in [1.82, 2.24) is 10.2 Å². The van der Waals surface area contributed by atoms with Gasteiger partial charge < -0.3 is 15.0 Å². The second-order valence-corrected chi connectivity index (χ2v) is 10.2. The van der Waals surface area contributed by atoms with Gasteiger partial charge in [0.2, 0.25) is 5.91 Å². The molecule has 0 aliphatic heterocycles. The molecule has 0 spiro atoms. The van der Waals surface area contributed by atoms with Gasteiger partial charge >= 0.3 is 0 Å². The minimum absolute atomic E-state index is 0.204. The highest BCUT2D eigenvalue weighted by molar-refractivity contribution is 9.10. The fourth-order valence-electron chi connectivity index (χ4n) is 3.44. The van der Waals surface area contributed by atoms with Gasteiger partial charge in [-0.1, -0.05) is 54.1 Å². The van der Waals surface area contributed by atoms with Crippen LogP contribution in [0.5, 0.6) is 5.75 Å². The molecule has 0 aliphatic carbocycles. The predicted molar refractivity (Wildman–Crippen MR) is 137 cm³/mol. The molecule has 0 saturated carbocycles. The van der Waals surface area contributed by atoms with E-state index in [4.69, 9.17) is 16.3 Å². The lowest BCUT2D eigenvalue weighted by atomic mass is 10.1. The molecule has 0 radical (unpaired) electrons. The van der Waals surface area contributed by atoms with Crippen molar-refractivity contribution in [3.63, 3.8) is 0 Å². The van der Waals surface area contributed by atoms with Crippen molar-refractivity contribution in [2.24, 2.45) is 0 Å². The van der Waals surface area contributed by atoms with Gasteiger partial charge in [0.15, 0.2) is 6.61 Å². The number of benzene rings is 3. The van der Waals surface area contributed by atoms with Gasteiger partial charge in [0.05, 0.1) is 4.47 Å². The Balaban J connectivity index is 1.81. The average Bonchev–Trinajstić information content (AvgIpc) is 2.75. The molecule has 1 atom stereocenters. The van der Waals surface area contributed by atoms with Crippen LogP contribution in [-0.2, 0) is 16.1 Å². The molecule has 3 aromatic carbocycles. The summed E-state index contributed by atoms with van der Waals surface area (Å²) in [5, 5.41) is 5.58. The van der Waals surface area contributed by atoms with Crippen LogP contribution in [0, 0.1) is 0 Å². The Morgan fingerprint density at radius 3 is 2.52 bits per heavy atom. The first-order valence-corrected chi connectivity index (χ1v) is 11.9. The number of amides is 2. The van der Waals surface area contributed by atoms with E-state index >= 15 is 0 Å². The van der Waals surface area contributed by atoms with E-state index < -0.39 is 11.6 Å². The van der Waals surface area contributed by atoms with E-state index in [1.807, 2.05) is 69.3 Å². The Labute approximate surface area is 208 Å². The summed E-state index contributed by atoms with van der Waals surface area (Å²) < 4.78 is 6.67. The normalized spacial score (nSPS) is 12.3. The van der Waals surface area contributed by atoms with Crippen molar-refractivity contribution in [2.45, 2.75) is 45.8 Å². The molecular weight excluding hydrogens is 504 g/mol. The quantitative estimate of drug-likeness (QED) is 0.409. The summed E-state index contributed by atoms with van der Waals surface area (Å²) in [5.74, 6) is 0.0351. The molecule has 0 aliphatic rings. The molecule has 0 fully saturated rings. The maximum atomic E-state index is 13.3. The van der Waals surface area contributed by atoms with E-state index in [0.717, 1.165) is 20.8 Å². The highest BCUT2D eigenvalue weighted by Gasteiger charge is 2.29. The number of hydrogen-bond donors (Lipinski definition) is 1. The first kappa shape index (κ1) is 25.1. The van der Waals surface area contributed by atoms with E-state index in [0.29, 0.717) is 10.8 Å². The predicted octanol–water partition coefficient (Wildman–Crippen LogP) is 5.97. The van der Waals surface area contributed by atoms with E-state index in [-0.39, 0.29) is 25.0 Å². The largest absolute Gasteiger partial charge is 0.483 e. The summed E-state index contributed by atoms with van der Waals surface area (Å²) in [6, 6.07) is 18.3. The standard InChI is InChI=1S/C26H28BrClN2O3/c1-17(25(32)29-26(2,3)4)30(15-18-8-7-10-20(28)14-18)23(31)16-33-22-13-12-19-9-5-6-11-21(19)24(22)27/h5-14,17H,15-16H2,1-4H3,(H,29,32)/t17-/m1/s1. The smallest absolute Gasteiger partial charge is 0.261 e. The molecule has 0 bridgehead atoms. The van der Waals surface area contributed by atoms with Gasteiger partial charge in [0.1, 0.15) is 11.8 Å². The Morgan fingerprint density at radius 2 is 1.82 bits per heavy atom. The number of nitrogens with zero attached hydrogens (tertiary/aromatic N) is 1. The molecule has 2 amide bonds. The first-order valence-electron chi connectivity index (χ1n) is 10.7. The fourth-order valence-corrected chi connectivity index (χ4v) is 4.26. The van der Waals surface area contributed by atoms with Crippen molar-refractivity contribution in [2.75, 3.05) is 6.61 Å². The van der Waals surface area contributed by atoms with Crippen LogP contribution < -0.4 is 10.1 Å². The number of rotatable bonds is 7. The van der Waals surface area contributed by atoms with Crippen molar-refractivity contribution in [3.8, 4) is 5.75 Å². The highest BCUT2D eigenvalue weighted by atomic mass is 79.9. The number of hydrogen-bond acceptors (Lipinski definition) is 3. The lowest BCUT2D eigenvalue weighted by Gasteiger charge is -2.31. The second kappa shape index (κ2) is 10.6. The minimum atomic E-state index is -0.695. The summed E-state index contributed by atoms with van der Waals surface area (Å²) in [7, 11) is 0. The van der Waals surface area contributed by atoms with E-state index in [1.165, 1.54) is 4.90 Å². The van der Waals surface area contributed by atoms with Crippen LogP contribution >= 0.6 is 27.5 Å². The summed E-state index contributed by atoms with van der Waals surface area (Å²) in [6.45, 7) is 7.46. The van der Waals surface area contributed by atoms with E-state index in [2.05, 4.69) is 21.2 Å². The van der Waals surface area contributed by atoms with Gasteiger partial charge in [0.25, 0.3) is 5.91 Å². The zero-order valence-corrected chi connectivity index (χ0v) is 21.5. The molecule has 3 rings (SSSR count). The molecule has 0 unspecified atom stereocenters. The Hall–Kier alpha value is -2.57. The molecule has 0 aromatic heterocycles. The summed E-state index contributed by atoms with van der Waals surface area (Å²) in [5.41, 5.74) is 0.418. The molecule has 3 aromatic rings. The topological polar surface area (TPSA) is 58.6 Å². The summed E-state index contributed by atoms with van der Waals surface area (Å²) in [6.07, 6.45) is 0. The zero-order chi connectivity index (χ0) is 24.2. The Kier molecular flexibility index (Phi) is 8.03. The Morgan fingerprint density at radius 1 is 1.09 bits per heavy atom. The number of carbonyl (C=O) groups is 2. The van der Waals surface area contributed by atoms with E-state index in [1.54, 1.807) is 19.1 Å². The van der Waals surface area contributed by atoms with Gasteiger partial charge in [-0.05, 0) is 78.2 Å². The van der Waals surface area contributed by atoms with Crippen LogP contribution in [0.15, 0.2) is 65.1 Å². The van der Waals surface area contributed by atoms with Crippen molar-refractivity contribution in [3.05, 3.63) is 75.7 Å². The third kappa shape index (κ3) is 6.71. The Bertz CT molecular complexity index is 1160. The first-order chi connectivity index (χ1) is 15.5. The zero-order valence-electron chi connectivity index (χ0n) is 19.2. The lowest BCUT2D eigenvalue weighted by molar-refractivity contribution is -0.142. The number of ether oxygens (including phenoxy) is 1. The summed E-state index contributed by atoms with van der Waals surface area (Å²) >= 11 is 9.72. The number of fused-ring (bicyclic) bond motifs is 1. The lowest BCUT2D eigenvalue weighted by Crippen LogP contribution is -2.53. The van der Waals surface area contributed by atoms with Crippen LogP contribution in [0.4, 0.5) is 0 Å². The highest BCUT2D eigenvalue weighted by Crippen LogP contribution is 2.33. The minimum Gasteiger partial charge on any atom is -0.483 e. The van der Waals surface area contributed by atoms with Crippen LogP contribution in [0.3, 0.4) is 0 Å². The van der Waals surface area contributed by atoms with Crippen molar-refractivity contribution >= 4 is 50.1 Å². The molecule has 1 N–H and O–H groups in total. The van der Waals surface area contributed by atoms with Gasteiger partial charge in [-0.25, -0.2) is 0 Å². The molecule has 33 heavy (non-hydrogen) atoms. The van der Waals surface area contributed by atoms with Crippen LogP contribution in [0.1, 0.15) is 33.3 Å². The SMILES string of the molecule is C[C@H](C(=O)NC(C)(C)C)N(Cc1cccc(Cl)c1)C(=O)COc1ccc2ccccc2c1Br. The van der Waals surface area contributed by atoms with Gasteiger partial charge in [-0.2, -0.15) is 0 Å². The van der Waals surface area contributed by atoms with Crippen LogP contribution in [-0.4, -0.2) is 34.9 Å². The summed E-state index contributed by atoms with van der Waals surface area (Å²) in [4.78, 5) is 27.6. The van der Waals surface area contributed by atoms with Crippen molar-refractivity contribution < 1.29 is 14.3 Å². The van der Waals surface area contributed by atoms with Gasteiger partial charge in [-0.3, -0.25) is 9.59 Å². The van der Waals surface area contributed by atoms with Crippen LogP contribution in [0.2, 0.25) is 5.02 Å². The average molecular weight is 532 g/mol. The third-order valence-corrected chi connectivity index (χ3v) is 6.14. The number of halogens is 2. The third-order valence-electron chi connectivity index (χ3n) is 5.09. The van der Waals surface area contributed by atoms with Gasteiger partial charge in [-0.15, -0.1) is 0 Å². The fraction of sp³-hybridized carbons (Fsp3) is 0.308.